The molecule has 8 heteroatoms. The van der Waals surface area contributed by atoms with Gasteiger partial charge in [0.05, 0.1) is 13.5 Å². The van der Waals surface area contributed by atoms with Crippen molar-refractivity contribution < 1.29 is 23.9 Å². The van der Waals surface area contributed by atoms with Crippen LogP contribution in [0, 0.1) is 0 Å². The van der Waals surface area contributed by atoms with E-state index in [1.807, 2.05) is 67.8 Å². The smallest absolute Gasteiger partial charge is 0.333 e. The molecule has 0 bridgehead atoms. The number of esters is 1. The first-order chi connectivity index (χ1) is 16.9. The fourth-order valence-electron chi connectivity index (χ4n) is 4.07. The predicted molar refractivity (Wildman–Crippen MR) is 134 cm³/mol. The Bertz CT molecular complexity index is 1160. The average Bonchev–Trinajstić information content (AvgIpc) is 2.86. The number of hydrogen-bond donors (Lipinski definition) is 1. The van der Waals surface area contributed by atoms with Gasteiger partial charge < -0.3 is 19.7 Å². The number of allylic oxidation sites excluding steroid dienone is 1. The maximum absolute atomic E-state index is 13.2. The number of fused-ring (bicyclic) bond motifs is 1. The quantitative estimate of drug-likeness (QED) is 0.448. The number of ether oxygens (including phenoxy) is 2. The minimum Gasteiger partial charge on any atom is -0.497 e. The number of thioether (sulfide) groups is 1. The molecule has 1 N–H and O–H groups in total. The predicted octanol–water partition coefficient (Wildman–Crippen LogP) is 3.60. The standard InChI is InChI=1S/C27H28N2O5S/c1-17(2)13-20-16-35-26-23(28-22(30)14-18-7-5-4-6-8-18)25(31)29(26)24(20)27(32)34-15-19-9-11-21(33-3)12-10-19/h4-13,16,23-24,26H,14-15H2,1-3H3,(H,28,30)/t23-,24?,26-/m1/s1. The van der Waals surface area contributed by atoms with E-state index in [-0.39, 0.29) is 30.2 Å². The lowest BCUT2D eigenvalue weighted by Gasteiger charge is -2.51. The molecule has 2 aliphatic heterocycles. The number of benzene rings is 2. The fraction of sp³-hybridized carbons (Fsp3) is 0.296. The summed E-state index contributed by atoms with van der Waals surface area (Å²) < 4.78 is 10.8. The van der Waals surface area contributed by atoms with E-state index in [9.17, 15) is 14.4 Å². The van der Waals surface area contributed by atoms with Crippen molar-refractivity contribution in [3.05, 3.63) is 88.4 Å². The van der Waals surface area contributed by atoms with Crippen LogP contribution in [0.1, 0.15) is 25.0 Å². The van der Waals surface area contributed by atoms with Gasteiger partial charge in [0.15, 0.2) is 6.04 Å². The largest absolute Gasteiger partial charge is 0.497 e. The maximum atomic E-state index is 13.2. The third kappa shape index (κ3) is 5.59. The van der Waals surface area contributed by atoms with Crippen LogP contribution in [-0.4, -0.2) is 47.3 Å². The third-order valence-corrected chi connectivity index (χ3v) is 6.95. The Hall–Kier alpha value is -3.52. The maximum Gasteiger partial charge on any atom is 0.333 e. The molecule has 4 rings (SSSR count). The number of β-lactam (4-membered cyclic amide) rings is 1. The second kappa shape index (κ2) is 10.8. The van der Waals surface area contributed by atoms with Crippen LogP contribution in [0.4, 0.5) is 0 Å². The van der Waals surface area contributed by atoms with Gasteiger partial charge in [-0.3, -0.25) is 9.59 Å². The molecule has 182 valence electrons. The minimum atomic E-state index is -0.857. The van der Waals surface area contributed by atoms with Gasteiger partial charge in [-0.05, 0) is 48.1 Å². The molecule has 2 aromatic carbocycles. The van der Waals surface area contributed by atoms with Crippen LogP contribution in [0.25, 0.3) is 0 Å². The highest BCUT2D eigenvalue weighted by Crippen LogP contribution is 2.41. The van der Waals surface area contributed by atoms with Gasteiger partial charge in [-0.25, -0.2) is 4.79 Å². The van der Waals surface area contributed by atoms with Gasteiger partial charge in [-0.2, -0.15) is 0 Å². The zero-order valence-electron chi connectivity index (χ0n) is 19.9. The summed E-state index contributed by atoms with van der Waals surface area (Å²) in [5.41, 5.74) is 3.39. The van der Waals surface area contributed by atoms with E-state index in [0.29, 0.717) is 11.3 Å². The molecule has 3 atom stereocenters. The van der Waals surface area contributed by atoms with E-state index in [1.165, 1.54) is 16.7 Å². The first-order valence-electron chi connectivity index (χ1n) is 11.3. The lowest BCUT2D eigenvalue weighted by atomic mass is 9.96. The van der Waals surface area contributed by atoms with Crippen LogP contribution in [-0.2, 0) is 32.1 Å². The van der Waals surface area contributed by atoms with Crippen molar-refractivity contribution in [2.75, 3.05) is 7.11 Å². The number of rotatable bonds is 8. The fourth-order valence-corrected chi connectivity index (χ4v) is 5.26. The molecular weight excluding hydrogens is 464 g/mol. The number of methoxy groups -OCH3 is 1. The van der Waals surface area contributed by atoms with Crippen molar-refractivity contribution in [2.24, 2.45) is 0 Å². The summed E-state index contributed by atoms with van der Waals surface area (Å²) in [6, 6.07) is 15.1. The zero-order chi connectivity index (χ0) is 24.9. The van der Waals surface area contributed by atoms with Crippen molar-refractivity contribution in [1.82, 2.24) is 10.2 Å². The third-order valence-electron chi connectivity index (χ3n) is 5.76. The summed E-state index contributed by atoms with van der Waals surface area (Å²) in [5.74, 6) is -0.305. The van der Waals surface area contributed by atoms with Crippen LogP contribution in [0.2, 0.25) is 0 Å². The molecule has 2 aromatic rings. The lowest BCUT2D eigenvalue weighted by molar-refractivity contribution is -0.163. The number of carbonyl (C=O) groups excluding carboxylic acids is 3. The Morgan fingerprint density at radius 1 is 1.06 bits per heavy atom. The normalized spacial score (nSPS) is 20.7. The summed E-state index contributed by atoms with van der Waals surface area (Å²) in [4.78, 5) is 40.4. The van der Waals surface area contributed by atoms with Crippen LogP contribution < -0.4 is 10.1 Å². The van der Waals surface area contributed by atoms with Crippen LogP contribution in [0.5, 0.6) is 5.75 Å². The van der Waals surface area contributed by atoms with E-state index in [1.54, 1.807) is 19.2 Å². The van der Waals surface area contributed by atoms with Crippen LogP contribution in [0.3, 0.4) is 0 Å². The van der Waals surface area contributed by atoms with E-state index < -0.39 is 18.1 Å². The monoisotopic (exact) mass is 492 g/mol. The number of hydrogen-bond acceptors (Lipinski definition) is 6. The van der Waals surface area contributed by atoms with Gasteiger partial charge in [0.2, 0.25) is 11.8 Å². The van der Waals surface area contributed by atoms with Gasteiger partial charge in [0.25, 0.3) is 0 Å². The molecule has 1 fully saturated rings. The Morgan fingerprint density at radius 3 is 2.43 bits per heavy atom. The molecule has 2 aliphatic rings. The van der Waals surface area contributed by atoms with E-state index in [4.69, 9.17) is 9.47 Å². The Kier molecular flexibility index (Phi) is 7.60. The van der Waals surface area contributed by atoms with Gasteiger partial charge in [0.1, 0.15) is 23.8 Å². The summed E-state index contributed by atoms with van der Waals surface area (Å²) >= 11 is 1.42. The molecule has 35 heavy (non-hydrogen) atoms. The molecule has 1 unspecified atom stereocenters. The molecule has 2 amide bonds. The van der Waals surface area contributed by atoms with Crippen LogP contribution in [0.15, 0.2) is 77.2 Å². The molecule has 1 saturated heterocycles. The molecule has 7 nitrogen and oxygen atoms in total. The number of nitrogens with one attached hydrogen (secondary N) is 1. The summed E-state index contributed by atoms with van der Waals surface area (Å²) in [7, 11) is 1.59. The second-order valence-corrected chi connectivity index (χ2v) is 9.67. The molecule has 0 spiro atoms. The average molecular weight is 493 g/mol. The molecular formula is C27H28N2O5S. The van der Waals surface area contributed by atoms with Gasteiger partial charge in [0, 0.05) is 0 Å². The SMILES string of the molecule is COc1ccc(COC(=O)C2C(C=C(C)C)=CS[C@@H]3[C@H](NC(=O)Cc4ccccc4)C(=O)N23)cc1. The summed E-state index contributed by atoms with van der Waals surface area (Å²) in [6.45, 7) is 3.95. The summed E-state index contributed by atoms with van der Waals surface area (Å²) in [5, 5.41) is 4.36. The second-order valence-electron chi connectivity index (χ2n) is 8.68. The van der Waals surface area contributed by atoms with Gasteiger partial charge >= 0.3 is 5.97 Å². The zero-order valence-corrected chi connectivity index (χ0v) is 20.7. The number of nitrogens with zero attached hydrogens (tertiary/aromatic N) is 1. The molecule has 2 heterocycles. The Balaban J connectivity index is 1.45. The van der Waals surface area contributed by atoms with Crippen LogP contribution >= 0.6 is 11.8 Å². The Labute approximate surface area is 209 Å². The molecule has 0 aromatic heterocycles. The molecule has 0 radical (unpaired) electrons. The van der Waals surface area contributed by atoms with Crippen molar-refractivity contribution in [2.45, 2.75) is 44.3 Å². The van der Waals surface area contributed by atoms with Crippen molar-refractivity contribution in [3.8, 4) is 5.75 Å². The van der Waals surface area contributed by atoms with Gasteiger partial charge in [-0.15, -0.1) is 11.8 Å². The minimum absolute atomic E-state index is 0.0819. The van der Waals surface area contributed by atoms with E-state index in [2.05, 4.69) is 5.32 Å². The summed E-state index contributed by atoms with van der Waals surface area (Å²) in [6.07, 6.45) is 2.07. The first-order valence-corrected chi connectivity index (χ1v) is 12.3. The molecule has 0 aliphatic carbocycles. The van der Waals surface area contributed by atoms with Crippen molar-refractivity contribution >= 4 is 29.5 Å². The van der Waals surface area contributed by atoms with Gasteiger partial charge in [-0.1, -0.05) is 54.1 Å². The Morgan fingerprint density at radius 2 is 1.77 bits per heavy atom. The number of carbonyl (C=O) groups is 3. The lowest BCUT2D eigenvalue weighted by Crippen LogP contribution is -2.74. The van der Waals surface area contributed by atoms with E-state index >= 15 is 0 Å². The van der Waals surface area contributed by atoms with E-state index in [0.717, 1.165) is 16.7 Å². The molecule has 0 saturated carbocycles. The highest BCUT2D eigenvalue weighted by molar-refractivity contribution is 8.03. The topological polar surface area (TPSA) is 84.9 Å². The van der Waals surface area contributed by atoms with Crippen molar-refractivity contribution in [1.29, 1.82) is 0 Å². The highest BCUT2D eigenvalue weighted by atomic mass is 32.2. The highest BCUT2D eigenvalue weighted by Gasteiger charge is 2.55. The van der Waals surface area contributed by atoms with Crippen molar-refractivity contribution in [3.63, 3.8) is 0 Å². The first kappa shape index (κ1) is 24.6. The number of amides is 2.